The highest BCUT2D eigenvalue weighted by Gasteiger charge is 2.19. The van der Waals surface area contributed by atoms with Gasteiger partial charge < -0.3 is 8.98 Å². The highest BCUT2D eigenvalue weighted by molar-refractivity contribution is 6.13. The molecule has 5 heteroatoms. The lowest BCUT2D eigenvalue weighted by molar-refractivity contribution is 0.666. The second-order valence-electron chi connectivity index (χ2n) is 11.7. The monoisotopic (exact) mass is 650 g/mol. The van der Waals surface area contributed by atoms with Crippen LogP contribution in [0.3, 0.4) is 0 Å². The van der Waals surface area contributed by atoms with Crippen LogP contribution in [0.5, 0.6) is 0 Å². The van der Waals surface area contributed by atoms with Crippen LogP contribution < -0.4 is 0 Å². The summed E-state index contributed by atoms with van der Waals surface area (Å²) in [5.41, 5.74) is 5.81. The molecule has 0 saturated carbocycles. The van der Waals surface area contributed by atoms with Crippen LogP contribution in [0, 0.1) is 0 Å². The first-order chi connectivity index (χ1) is 28.9. The fourth-order valence-electron chi connectivity index (χ4n) is 6.59. The molecule has 0 N–H and O–H groups in total. The average molecular weight is 651 g/mol. The molecule has 234 valence electrons. The van der Waals surface area contributed by atoms with Gasteiger partial charge in [0.25, 0.3) is 0 Å². The van der Waals surface area contributed by atoms with Crippen molar-refractivity contribution in [2.45, 2.75) is 0 Å². The van der Waals surface area contributed by atoms with Crippen LogP contribution in [0.15, 0.2) is 174 Å². The highest BCUT2D eigenvalue weighted by Crippen LogP contribution is 2.40. The number of aromatic nitrogens is 4. The molecule has 10 rings (SSSR count). The first-order valence-electron chi connectivity index (χ1n) is 20.9. The van der Waals surface area contributed by atoms with Gasteiger partial charge in [-0.3, -0.25) is 0 Å². The van der Waals surface area contributed by atoms with Crippen LogP contribution in [0.25, 0.3) is 94.7 Å². The Morgan fingerprint density at radius 3 is 1.80 bits per heavy atom. The number of hydrogen-bond acceptors (Lipinski definition) is 4. The molecule has 5 nitrogen and oxygen atoms in total. The lowest BCUT2D eigenvalue weighted by Crippen LogP contribution is -2.00. The summed E-state index contributed by atoms with van der Waals surface area (Å²) in [6.45, 7) is 0. The van der Waals surface area contributed by atoms with Crippen molar-refractivity contribution in [1.29, 1.82) is 0 Å². The Morgan fingerprint density at radius 1 is 0.440 bits per heavy atom. The first kappa shape index (κ1) is 19.8. The SMILES string of the molecule is [2H]c1c([2H])c([2H])c(-c2nc(-c3ccc4c(c3)oc3c(-n5c6ccccc6c6cc(-c7ccccc7)ccc65)cccc34)nc(-c3c([2H])c([2H])c([2H])c([2H])c3[2H])n2)c([2H])c1[2H]. The molecular formula is C45H28N4O. The maximum Gasteiger partial charge on any atom is 0.164 e. The van der Waals surface area contributed by atoms with Crippen molar-refractivity contribution in [1.82, 2.24) is 19.5 Å². The second-order valence-corrected chi connectivity index (χ2v) is 11.7. The maximum absolute atomic E-state index is 8.65. The van der Waals surface area contributed by atoms with E-state index in [4.69, 9.17) is 18.1 Å². The third-order valence-electron chi connectivity index (χ3n) is 8.84. The third-order valence-corrected chi connectivity index (χ3v) is 8.84. The summed E-state index contributed by atoms with van der Waals surface area (Å²) in [6.07, 6.45) is 0. The van der Waals surface area contributed by atoms with Gasteiger partial charge in [0.15, 0.2) is 23.1 Å². The van der Waals surface area contributed by atoms with Crippen LogP contribution in [0.4, 0.5) is 0 Å². The zero-order valence-corrected chi connectivity index (χ0v) is 26.1. The molecule has 0 unspecified atom stereocenters. The summed E-state index contributed by atoms with van der Waals surface area (Å²) >= 11 is 0. The molecule has 0 aliphatic carbocycles. The van der Waals surface area contributed by atoms with Gasteiger partial charge >= 0.3 is 0 Å². The summed E-state index contributed by atoms with van der Waals surface area (Å²) < 4.78 is 92.9. The van der Waals surface area contributed by atoms with E-state index in [1.807, 2.05) is 54.6 Å². The van der Waals surface area contributed by atoms with Gasteiger partial charge in [0.1, 0.15) is 5.58 Å². The second kappa shape index (κ2) is 11.4. The zero-order valence-electron chi connectivity index (χ0n) is 36.1. The Bertz CT molecular complexity index is 3310. The molecule has 0 aliphatic rings. The maximum atomic E-state index is 8.65. The third kappa shape index (κ3) is 4.60. The van der Waals surface area contributed by atoms with Gasteiger partial charge in [-0.2, -0.15) is 0 Å². The van der Waals surface area contributed by atoms with Crippen molar-refractivity contribution in [2.75, 3.05) is 0 Å². The van der Waals surface area contributed by atoms with Gasteiger partial charge in [0.05, 0.1) is 30.4 Å². The molecule has 0 spiro atoms. The number of furan rings is 1. The summed E-state index contributed by atoms with van der Waals surface area (Å²) in [5.74, 6) is -0.729. The van der Waals surface area contributed by atoms with Gasteiger partial charge in [-0.05, 0) is 47.5 Å². The quantitative estimate of drug-likeness (QED) is 0.186. The predicted molar refractivity (Wildman–Crippen MR) is 203 cm³/mol. The summed E-state index contributed by atoms with van der Waals surface area (Å²) in [6, 6.07) is 30.2. The molecule has 0 saturated heterocycles. The van der Waals surface area contributed by atoms with E-state index in [0.29, 0.717) is 16.7 Å². The topological polar surface area (TPSA) is 56.7 Å². The molecule has 0 bridgehead atoms. The van der Waals surface area contributed by atoms with E-state index in [0.717, 1.165) is 49.4 Å². The van der Waals surface area contributed by atoms with Gasteiger partial charge in [-0.1, -0.05) is 133 Å². The van der Waals surface area contributed by atoms with Crippen LogP contribution >= 0.6 is 0 Å². The van der Waals surface area contributed by atoms with Crippen molar-refractivity contribution < 1.29 is 18.1 Å². The van der Waals surface area contributed by atoms with Gasteiger partial charge in [0.2, 0.25) is 0 Å². The number of hydrogen-bond donors (Lipinski definition) is 0. The standard InChI is InChI=1S/C45H28N4O/c1-4-13-29(14-5-1)32-24-26-39-37(27-32)34-19-10-11-21-38(34)49(39)40-22-12-20-36-35-25-23-33(28-41(35)50-42(36)40)45-47-43(30-15-6-2-7-16-30)46-44(48-45)31-17-8-3-9-18-31/h1-28H/i2D,3D,6D,7D,8D,9D,15D,16D,17D,18D. The van der Waals surface area contributed by atoms with Crippen LogP contribution in [0.1, 0.15) is 13.7 Å². The van der Waals surface area contributed by atoms with E-state index in [1.165, 1.54) is 0 Å². The fraction of sp³-hybridized carbons (Fsp3) is 0. The molecule has 0 fully saturated rings. The summed E-state index contributed by atoms with van der Waals surface area (Å²) in [5, 5.41) is 3.80. The van der Waals surface area contributed by atoms with Crippen molar-refractivity contribution in [3.63, 3.8) is 0 Å². The molecule has 3 heterocycles. The molecule has 3 aromatic heterocycles. The van der Waals surface area contributed by atoms with E-state index in [2.05, 4.69) is 62.0 Å². The first-order valence-corrected chi connectivity index (χ1v) is 15.9. The number of fused-ring (bicyclic) bond motifs is 6. The number of para-hydroxylation sites is 2. The van der Waals surface area contributed by atoms with Crippen molar-refractivity contribution in [2.24, 2.45) is 0 Å². The average Bonchev–Trinajstić information content (AvgIpc) is 3.82. The Morgan fingerprint density at radius 2 is 1.06 bits per heavy atom. The summed E-state index contributed by atoms with van der Waals surface area (Å²) in [4.78, 5) is 13.6. The lowest BCUT2D eigenvalue weighted by atomic mass is 10.0. The molecule has 7 aromatic carbocycles. The highest BCUT2D eigenvalue weighted by atomic mass is 16.3. The van der Waals surface area contributed by atoms with Crippen LogP contribution in [-0.4, -0.2) is 19.5 Å². The largest absolute Gasteiger partial charge is 0.454 e. The van der Waals surface area contributed by atoms with E-state index in [9.17, 15) is 0 Å². The summed E-state index contributed by atoms with van der Waals surface area (Å²) in [7, 11) is 0. The minimum atomic E-state index is -0.614. The molecule has 50 heavy (non-hydrogen) atoms. The number of benzene rings is 7. The van der Waals surface area contributed by atoms with Crippen molar-refractivity contribution >= 4 is 43.7 Å². The van der Waals surface area contributed by atoms with Gasteiger partial charge in [-0.25, -0.2) is 15.0 Å². The fourth-order valence-corrected chi connectivity index (χ4v) is 6.59. The zero-order chi connectivity index (χ0) is 41.7. The van der Waals surface area contributed by atoms with E-state index in [1.54, 1.807) is 12.1 Å². The molecular weight excluding hydrogens is 613 g/mol. The van der Waals surface area contributed by atoms with E-state index < -0.39 is 60.4 Å². The molecule has 10 aromatic rings. The Labute approximate surface area is 301 Å². The number of nitrogens with zero attached hydrogens (tertiary/aromatic N) is 4. The van der Waals surface area contributed by atoms with E-state index >= 15 is 0 Å². The molecule has 0 amide bonds. The minimum Gasteiger partial charge on any atom is -0.454 e. The Balaban J connectivity index is 1.19. The lowest BCUT2D eigenvalue weighted by Gasteiger charge is -2.09. The normalized spacial score (nSPS) is 14.4. The molecule has 0 radical (unpaired) electrons. The van der Waals surface area contributed by atoms with Gasteiger partial charge in [-0.15, -0.1) is 0 Å². The van der Waals surface area contributed by atoms with Gasteiger partial charge in [0, 0.05) is 38.2 Å². The molecule has 0 aliphatic heterocycles. The van der Waals surface area contributed by atoms with Crippen LogP contribution in [0.2, 0.25) is 0 Å². The minimum absolute atomic E-state index is 0.0483. The Hall–Kier alpha value is -6.85. The van der Waals surface area contributed by atoms with Crippen molar-refractivity contribution in [3.05, 3.63) is 170 Å². The number of rotatable bonds is 5. The predicted octanol–water partition coefficient (Wildman–Crippen LogP) is 11.5. The smallest absolute Gasteiger partial charge is 0.164 e. The Kier molecular flexibility index (Phi) is 4.52. The van der Waals surface area contributed by atoms with Crippen LogP contribution in [-0.2, 0) is 0 Å². The van der Waals surface area contributed by atoms with Crippen molar-refractivity contribution in [3.8, 4) is 51.0 Å². The van der Waals surface area contributed by atoms with E-state index in [-0.39, 0.29) is 28.6 Å². The molecule has 0 atom stereocenters.